The summed E-state index contributed by atoms with van der Waals surface area (Å²) in [6.45, 7) is 2.21. The molecular weight excluding hydrogens is 146 g/mol. The second-order valence-corrected chi connectivity index (χ2v) is 4.18. The molecule has 0 heterocycles. The topological polar surface area (TPSA) is 26.0 Å². The van der Waals surface area contributed by atoms with Crippen LogP contribution in [0.5, 0.6) is 0 Å². The molecule has 0 unspecified atom stereocenters. The number of nitrogens with two attached hydrogens (primary N) is 1. The van der Waals surface area contributed by atoms with Crippen LogP contribution in [-0.4, -0.2) is 6.04 Å². The van der Waals surface area contributed by atoms with Crippen molar-refractivity contribution in [1.29, 1.82) is 0 Å². The van der Waals surface area contributed by atoms with Crippen LogP contribution in [0.4, 0.5) is 0 Å². The van der Waals surface area contributed by atoms with Crippen molar-refractivity contribution in [2.75, 3.05) is 0 Å². The first-order valence-corrected chi connectivity index (χ1v) is 5.60. The number of hydrogen-bond donors (Lipinski definition) is 1. The second-order valence-electron chi connectivity index (χ2n) is 4.18. The van der Waals surface area contributed by atoms with Gasteiger partial charge in [0.1, 0.15) is 0 Å². The van der Waals surface area contributed by atoms with Gasteiger partial charge in [-0.1, -0.05) is 39.0 Å². The van der Waals surface area contributed by atoms with E-state index in [2.05, 4.69) is 6.92 Å². The Hall–Kier alpha value is -0.0400. The van der Waals surface area contributed by atoms with Crippen LogP contribution in [-0.2, 0) is 0 Å². The maximum Gasteiger partial charge on any atom is 0.00645 e. The van der Waals surface area contributed by atoms with E-state index in [0.29, 0.717) is 6.04 Å². The van der Waals surface area contributed by atoms with E-state index in [0.717, 1.165) is 12.3 Å². The highest BCUT2D eigenvalue weighted by Gasteiger charge is 2.16. The van der Waals surface area contributed by atoms with Crippen LogP contribution in [0.25, 0.3) is 0 Å². The Kier molecular flexibility index (Phi) is 4.67. The van der Waals surface area contributed by atoms with Gasteiger partial charge in [0, 0.05) is 6.04 Å². The van der Waals surface area contributed by atoms with E-state index in [1.54, 1.807) is 0 Å². The molecule has 0 bridgehead atoms. The summed E-state index contributed by atoms with van der Waals surface area (Å²) >= 11 is 0. The molecule has 2 N–H and O–H groups in total. The summed E-state index contributed by atoms with van der Waals surface area (Å²) in [6.07, 6.45) is 11.1. The van der Waals surface area contributed by atoms with E-state index in [-0.39, 0.29) is 0 Å². The van der Waals surface area contributed by atoms with Crippen molar-refractivity contribution in [2.24, 2.45) is 11.7 Å². The zero-order valence-corrected chi connectivity index (χ0v) is 8.39. The van der Waals surface area contributed by atoms with Crippen molar-refractivity contribution in [3.05, 3.63) is 0 Å². The molecule has 0 aromatic heterocycles. The second kappa shape index (κ2) is 5.58. The highest BCUT2D eigenvalue weighted by molar-refractivity contribution is 4.73. The van der Waals surface area contributed by atoms with Crippen molar-refractivity contribution >= 4 is 0 Å². The van der Waals surface area contributed by atoms with E-state index in [9.17, 15) is 0 Å². The third-order valence-corrected chi connectivity index (χ3v) is 3.23. The SMILES string of the molecule is CC[C@@H](N)C1CCCCCCC1. The molecule has 1 saturated carbocycles. The molecule has 0 aliphatic heterocycles. The molecule has 1 nitrogen and oxygen atoms in total. The van der Waals surface area contributed by atoms with Crippen molar-refractivity contribution < 1.29 is 0 Å². The number of rotatable bonds is 2. The standard InChI is InChI=1S/C11H23N/c1-2-11(12)10-8-6-4-3-5-7-9-10/h10-11H,2-9,12H2,1H3/t11-/m1/s1. The average Bonchev–Trinajstić information content (AvgIpc) is 2.02. The lowest BCUT2D eigenvalue weighted by Gasteiger charge is -2.24. The molecule has 1 aliphatic rings. The molecule has 0 saturated heterocycles. The Balaban J connectivity index is 2.29. The lowest BCUT2D eigenvalue weighted by Crippen LogP contribution is -2.29. The van der Waals surface area contributed by atoms with Gasteiger partial charge in [0.05, 0.1) is 0 Å². The molecule has 0 amide bonds. The fourth-order valence-electron chi connectivity index (χ4n) is 2.25. The van der Waals surface area contributed by atoms with E-state index in [1.807, 2.05) is 0 Å². The lowest BCUT2D eigenvalue weighted by atomic mass is 9.85. The van der Waals surface area contributed by atoms with Gasteiger partial charge in [0.25, 0.3) is 0 Å². The first-order valence-electron chi connectivity index (χ1n) is 5.60. The van der Waals surface area contributed by atoms with Crippen molar-refractivity contribution in [3.63, 3.8) is 0 Å². The molecule has 1 fully saturated rings. The summed E-state index contributed by atoms with van der Waals surface area (Å²) in [5.74, 6) is 0.829. The summed E-state index contributed by atoms with van der Waals surface area (Å²) in [4.78, 5) is 0. The molecule has 0 aromatic rings. The minimum atomic E-state index is 0.475. The zero-order chi connectivity index (χ0) is 8.81. The maximum atomic E-state index is 6.07. The summed E-state index contributed by atoms with van der Waals surface area (Å²) in [5, 5.41) is 0. The Bertz CT molecular complexity index is 104. The summed E-state index contributed by atoms with van der Waals surface area (Å²) in [7, 11) is 0. The van der Waals surface area contributed by atoms with Crippen molar-refractivity contribution in [2.45, 2.75) is 64.3 Å². The molecule has 0 radical (unpaired) electrons. The molecule has 1 heteroatoms. The van der Waals surface area contributed by atoms with Gasteiger partial charge in [-0.15, -0.1) is 0 Å². The van der Waals surface area contributed by atoms with Crippen LogP contribution in [0.1, 0.15) is 58.3 Å². The van der Waals surface area contributed by atoms with E-state index < -0.39 is 0 Å². The largest absolute Gasteiger partial charge is 0.327 e. The number of hydrogen-bond acceptors (Lipinski definition) is 1. The fourth-order valence-corrected chi connectivity index (χ4v) is 2.25. The molecule has 12 heavy (non-hydrogen) atoms. The van der Waals surface area contributed by atoms with Gasteiger partial charge < -0.3 is 5.73 Å². The molecule has 1 atom stereocenters. The Morgan fingerprint density at radius 3 is 2.08 bits per heavy atom. The monoisotopic (exact) mass is 169 g/mol. The van der Waals surface area contributed by atoms with Gasteiger partial charge >= 0.3 is 0 Å². The van der Waals surface area contributed by atoms with Crippen LogP contribution in [0.2, 0.25) is 0 Å². The van der Waals surface area contributed by atoms with Crippen LogP contribution >= 0.6 is 0 Å². The normalized spacial score (nSPS) is 24.5. The summed E-state index contributed by atoms with van der Waals surface area (Å²) < 4.78 is 0. The van der Waals surface area contributed by atoms with Crippen LogP contribution in [0, 0.1) is 5.92 Å². The van der Waals surface area contributed by atoms with Crippen molar-refractivity contribution in [3.8, 4) is 0 Å². The highest BCUT2D eigenvalue weighted by Crippen LogP contribution is 2.24. The minimum absolute atomic E-state index is 0.475. The fraction of sp³-hybridized carbons (Fsp3) is 1.00. The molecule has 1 rings (SSSR count). The van der Waals surface area contributed by atoms with Crippen LogP contribution in [0.15, 0.2) is 0 Å². The zero-order valence-electron chi connectivity index (χ0n) is 8.39. The van der Waals surface area contributed by atoms with Gasteiger partial charge in [-0.05, 0) is 25.2 Å². The van der Waals surface area contributed by atoms with E-state index in [1.165, 1.54) is 44.9 Å². The molecule has 1 aliphatic carbocycles. The molecule has 0 spiro atoms. The first kappa shape index (κ1) is 10.0. The van der Waals surface area contributed by atoms with Crippen molar-refractivity contribution in [1.82, 2.24) is 0 Å². The van der Waals surface area contributed by atoms with Crippen LogP contribution < -0.4 is 5.73 Å². The Morgan fingerprint density at radius 1 is 1.08 bits per heavy atom. The van der Waals surface area contributed by atoms with E-state index >= 15 is 0 Å². The minimum Gasteiger partial charge on any atom is -0.327 e. The highest BCUT2D eigenvalue weighted by atomic mass is 14.6. The van der Waals surface area contributed by atoms with Gasteiger partial charge in [-0.2, -0.15) is 0 Å². The maximum absolute atomic E-state index is 6.07. The molecular formula is C11H23N. The lowest BCUT2D eigenvalue weighted by molar-refractivity contribution is 0.318. The van der Waals surface area contributed by atoms with E-state index in [4.69, 9.17) is 5.73 Å². The summed E-state index contributed by atoms with van der Waals surface area (Å²) in [5.41, 5.74) is 6.07. The first-order chi connectivity index (χ1) is 5.84. The summed E-state index contributed by atoms with van der Waals surface area (Å²) in [6, 6.07) is 0.475. The predicted octanol–water partition coefficient (Wildman–Crippen LogP) is 3.08. The molecule has 72 valence electrons. The van der Waals surface area contributed by atoms with Gasteiger partial charge in [0.2, 0.25) is 0 Å². The van der Waals surface area contributed by atoms with Gasteiger partial charge in [-0.25, -0.2) is 0 Å². The van der Waals surface area contributed by atoms with Gasteiger partial charge in [-0.3, -0.25) is 0 Å². The van der Waals surface area contributed by atoms with Gasteiger partial charge in [0.15, 0.2) is 0 Å². The Labute approximate surface area is 76.7 Å². The third-order valence-electron chi connectivity index (χ3n) is 3.23. The quantitative estimate of drug-likeness (QED) is 0.675. The average molecular weight is 169 g/mol. The molecule has 0 aromatic carbocycles. The predicted molar refractivity (Wildman–Crippen MR) is 54.1 cm³/mol. The van der Waals surface area contributed by atoms with Crippen LogP contribution in [0.3, 0.4) is 0 Å². The third kappa shape index (κ3) is 3.14. The smallest absolute Gasteiger partial charge is 0.00645 e. The Morgan fingerprint density at radius 2 is 1.58 bits per heavy atom.